The largest absolute Gasteiger partial charge is 0.492 e. The summed E-state index contributed by atoms with van der Waals surface area (Å²) in [6.07, 6.45) is 0. The summed E-state index contributed by atoms with van der Waals surface area (Å²) in [5.74, 6) is 0.446. The summed E-state index contributed by atoms with van der Waals surface area (Å²) in [6.45, 7) is 0.602. The highest BCUT2D eigenvalue weighted by molar-refractivity contribution is 7.99. The Balaban J connectivity index is 1.39. The summed E-state index contributed by atoms with van der Waals surface area (Å²) in [5.41, 5.74) is 0.640. The Morgan fingerprint density at radius 1 is 1.19 bits per heavy atom. The number of carbonyl (C=O) groups is 1. The number of carbonyl (C=O) groups excluding carboxylic acids is 1. The van der Waals surface area contributed by atoms with Crippen molar-refractivity contribution in [1.82, 2.24) is 15.5 Å². The average Bonchev–Trinajstić information content (AvgIpc) is 3.14. The highest BCUT2D eigenvalue weighted by atomic mass is 35.5. The Kier molecular flexibility index (Phi) is 6.67. The zero-order valence-corrected chi connectivity index (χ0v) is 15.6. The Labute approximate surface area is 164 Å². The van der Waals surface area contributed by atoms with Gasteiger partial charge in [0.15, 0.2) is 0 Å². The van der Waals surface area contributed by atoms with Gasteiger partial charge in [-0.25, -0.2) is 4.39 Å². The van der Waals surface area contributed by atoms with Crippen LogP contribution in [0.5, 0.6) is 5.75 Å². The molecule has 1 N–H and O–H groups in total. The number of aromatic nitrogens is 2. The first-order chi connectivity index (χ1) is 13.1. The van der Waals surface area contributed by atoms with Gasteiger partial charge in [0.1, 0.15) is 18.2 Å². The van der Waals surface area contributed by atoms with E-state index in [1.165, 1.54) is 24.3 Å². The zero-order chi connectivity index (χ0) is 19.1. The van der Waals surface area contributed by atoms with Gasteiger partial charge < -0.3 is 14.5 Å². The van der Waals surface area contributed by atoms with Crippen molar-refractivity contribution < 1.29 is 18.3 Å². The maximum atomic E-state index is 12.8. The molecule has 0 atom stereocenters. The molecule has 27 heavy (non-hydrogen) atoms. The second kappa shape index (κ2) is 9.38. The topological polar surface area (TPSA) is 77.2 Å². The van der Waals surface area contributed by atoms with Crippen LogP contribution < -0.4 is 10.1 Å². The molecule has 0 spiro atoms. The molecule has 0 aliphatic carbocycles. The van der Waals surface area contributed by atoms with Crippen molar-refractivity contribution in [2.24, 2.45) is 0 Å². The van der Waals surface area contributed by atoms with Crippen LogP contribution in [0.3, 0.4) is 0 Å². The monoisotopic (exact) mass is 407 g/mol. The minimum atomic E-state index is -0.327. The molecule has 0 saturated heterocycles. The Morgan fingerprint density at radius 2 is 1.96 bits per heavy atom. The summed E-state index contributed by atoms with van der Waals surface area (Å²) in [5, 5.41) is 11.3. The Hall–Kier alpha value is -2.58. The summed E-state index contributed by atoms with van der Waals surface area (Å²) < 4.78 is 23.7. The number of amides is 1. The van der Waals surface area contributed by atoms with Crippen LogP contribution in [0, 0.1) is 5.82 Å². The van der Waals surface area contributed by atoms with E-state index in [9.17, 15) is 9.18 Å². The van der Waals surface area contributed by atoms with Crippen LogP contribution in [0.4, 0.5) is 4.39 Å². The van der Waals surface area contributed by atoms with E-state index < -0.39 is 0 Å². The van der Waals surface area contributed by atoms with Gasteiger partial charge in [0.2, 0.25) is 11.8 Å². The highest BCUT2D eigenvalue weighted by Crippen LogP contribution is 2.28. The molecule has 3 aromatic rings. The summed E-state index contributed by atoms with van der Waals surface area (Å²) in [7, 11) is 0. The number of rotatable bonds is 8. The number of nitrogens with zero attached hydrogens (tertiary/aromatic N) is 2. The zero-order valence-electron chi connectivity index (χ0n) is 14.0. The molecule has 1 aromatic heterocycles. The second-order valence-electron chi connectivity index (χ2n) is 5.29. The summed E-state index contributed by atoms with van der Waals surface area (Å²) >= 11 is 7.22. The third-order valence-electron chi connectivity index (χ3n) is 3.34. The van der Waals surface area contributed by atoms with Gasteiger partial charge in [0, 0.05) is 0 Å². The quantitative estimate of drug-likeness (QED) is 0.452. The maximum Gasteiger partial charge on any atom is 0.277 e. The molecular weight excluding hydrogens is 393 g/mol. The minimum Gasteiger partial charge on any atom is -0.492 e. The van der Waals surface area contributed by atoms with E-state index in [1.54, 1.807) is 12.1 Å². The molecule has 9 heteroatoms. The van der Waals surface area contributed by atoms with Gasteiger partial charge in [0.25, 0.3) is 5.22 Å². The van der Waals surface area contributed by atoms with Crippen LogP contribution in [0.15, 0.2) is 58.2 Å². The molecule has 0 aliphatic rings. The fourth-order valence-electron chi connectivity index (χ4n) is 2.08. The first-order valence-electron chi connectivity index (χ1n) is 7.98. The van der Waals surface area contributed by atoms with Crippen molar-refractivity contribution >= 4 is 29.3 Å². The molecule has 6 nitrogen and oxygen atoms in total. The minimum absolute atomic E-state index is 0.126. The maximum absolute atomic E-state index is 12.8. The Bertz CT molecular complexity index is 905. The van der Waals surface area contributed by atoms with Crippen LogP contribution >= 0.6 is 23.4 Å². The van der Waals surface area contributed by atoms with Crippen LogP contribution in [0.2, 0.25) is 5.02 Å². The molecule has 0 unspecified atom stereocenters. The number of hydrogen-bond acceptors (Lipinski definition) is 6. The van der Waals surface area contributed by atoms with Gasteiger partial charge in [-0.1, -0.05) is 35.5 Å². The van der Waals surface area contributed by atoms with Crippen LogP contribution in [-0.4, -0.2) is 35.0 Å². The lowest BCUT2D eigenvalue weighted by Crippen LogP contribution is -2.29. The van der Waals surface area contributed by atoms with E-state index in [0.717, 1.165) is 11.8 Å². The molecule has 0 fully saturated rings. The molecular formula is C18H15ClFN3O3S. The first kappa shape index (κ1) is 19.2. The molecule has 0 radical (unpaired) electrons. The first-order valence-corrected chi connectivity index (χ1v) is 9.34. The van der Waals surface area contributed by atoms with Gasteiger partial charge in [0.05, 0.1) is 22.9 Å². The number of thioether (sulfide) groups is 1. The van der Waals surface area contributed by atoms with E-state index in [-0.39, 0.29) is 29.3 Å². The van der Waals surface area contributed by atoms with Crippen molar-refractivity contribution in [3.05, 3.63) is 59.4 Å². The lowest BCUT2D eigenvalue weighted by atomic mass is 10.2. The molecule has 1 heterocycles. The third-order valence-corrected chi connectivity index (χ3v) is 4.49. The van der Waals surface area contributed by atoms with Crippen molar-refractivity contribution in [3.63, 3.8) is 0 Å². The molecule has 140 valence electrons. The standard InChI is InChI=1S/C18H15ClFN3O3S/c19-15-4-2-1-3-14(15)17-22-23-18(26-17)27-11-16(24)21-9-10-25-13-7-5-12(20)6-8-13/h1-8H,9-11H2,(H,21,24). The van der Waals surface area contributed by atoms with Crippen LogP contribution in [0.25, 0.3) is 11.5 Å². The Morgan fingerprint density at radius 3 is 2.74 bits per heavy atom. The van der Waals surface area contributed by atoms with E-state index in [2.05, 4.69) is 15.5 Å². The van der Waals surface area contributed by atoms with E-state index in [4.69, 9.17) is 20.8 Å². The molecule has 3 rings (SSSR count). The normalized spacial score (nSPS) is 10.6. The molecule has 0 aliphatic heterocycles. The molecule has 1 amide bonds. The van der Waals surface area contributed by atoms with Gasteiger partial charge >= 0.3 is 0 Å². The van der Waals surface area contributed by atoms with Crippen LogP contribution in [0.1, 0.15) is 0 Å². The number of hydrogen-bond donors (Lipinski definition) is 1. The lowest BCUT2D eigenvalue weighted by molar-refractivity contribution is -0.118. The van der Waals surface area contributed by atoms with Crippen molar-refractivity contribution in [2.75, 3.05) is 18.9 Å². The molecule has 0 bridgehead atoms. The fourth-order valence-corrected chi connectivity index (χ4v) is 2.89. The van der Waals surface area contributed by atoms with Gasteiger partial charge in [-0.2, -0.15) is 0 Å². The smallest absolute Gasteiger partial charge is 0.277 e. The van der Waals surface area contributed by atoms with E-state index >= 15 is 0 Å². The average molecular weight is 408 g/mol. The van der Waals surface area contributed by atoms with Crippen molar-refractivity contribution in [3.8, 4) is 17.2 Å². The number of ether oxygens (including phenoxy) is 1. The predicted molar refractivity (Wildman–Crippen MR) is 100 cm³/mol. The van der Waals surface area contributed by atoms with Crippen LogP contribution in [-0.2, 0) is 4.79 Å². The van der Waals surface area contributed by atoms with E-state index in [1.807, 2.05) is 12.1 Å². The molecule has 2 aromatic carbocycles. The SMILES string of the molecule is O=C(CSc1nnc(-c2ccccc2Cl)o1)NCCOc1ccc(F)cc1. The predicted octanol–water partition coefficient (Wildman–Crippen LogP) is 3.82. The summed E-state index contributed by atoms with van der Waals surface area (Å²) in [6, 6.07) is 12.8. The van der Waals surface area contributed by atoms with Gasteiger partial charge in [-0.15, -0.1) is 10.2 Å². The fraction of sp³-hybridized carbons (Fsp3) is 0.167. The number of nitrogens with one attached hydrogen (secondary N) is 1. The molecule has 0 saturated carbocycles. The van der Waals surface area contributed by atoms with Crippen molar-refractivity contribution in [1.29, 1.82) is 0 Å². The summed E-state index contributed by atoms with van der Waals surface area (Å²) in [4.78, 5) is 11.9. The van der Waals surface area contributed by atoms with E-state index in [0.29, 0.717) is 28.8 Å². The lowest BCUT2D eigenvalue weighted by Gasteiger charge is -2.07. The number of halogens is 2. The van der Waals surface area contributed by atoms with Gasteiger partial charge in [-0.05, 0) is 36.4 Å². The van der Waals surface area contributed by atoms with Crippen molar-refractivity contribution in [2.45, 2.75) is 5.22 Å². The highest BCUT2D eigenvalue weighted by Gasteiger charge is 2.13. The second-order valence-corrected chi connectivity index (χ2v) is 6.63. The third kappa shape index (κ3) is 5.70. The number of benzene rings is 2. The van der Waals surface area contributed by atoms with Gasteiger partial charge in [-0.3, -0.25) is 4.79 Å².